The fraction of sp³-hybridized carbons (Fsp3) is 0.562. The van der Waals surface area contributed by atoms with E-state index in [4.69, 9.17) is 15.7 Å². The molecule has 5 heteroatoms. The monoisotopic (exact) mass is 293 g/mol. The van der Waals surface area contributed by atoms with Crippen LogP contribution in [-0.4, -0.2) is 31.7 Å². The Kier molecular flexibility index (Phi) is 6.34. The molecule has 3 N–H and O–H groups in total. The molecule has 1 aromatic rings. The van der Waals surface area contributed by atoms with E-state index in [2.05, 4.69) is 23.2 Å². The minimum atomic E-state index is -0.266. The third-order valence-electron chi connectivity index (χ3n) is 3.84. The van der Waals surface area contributed by atoms with Crippen molar-refractivity contribution in [2.24, 2.45) is 16.3 Å². The summed E-state index contributed by atoms with van der Waals surface area (Å²) in [5.41, 5.74) is 6.52. The van der Waals surface area contributed by atoms with Crippen LogP contribution in [0.2, 0.25) is 0 Å². The van der Waals surface area contributed by atoms with E-state index in [-0.39, 0.29) is 5.41 Å². The fourth-order valence-corrected chi connectivity index (χ4v) is 2.24. The lowest BCUT2D eigenvalue weighted by Crippen LogP contribution is -2.32. The summed E-state index contributed by atoms with van der Waals surface area (Å²) in [7, 11) is 3.75. The number of oxime groups is 1. The highest BCUT2D eigenvalue weighted by Crippen LogP contribution is 2.27. The first-order chi connectivity index (χ1) is 9.92. The van der Waals surface area contributed by atoms with Crippen molar-refractivity contribution in [3.63, 3.8) is 0 Å². The number of anilines is 1. The second-order valence-electron chi connectivity index (χ2n) is 5.92. The van der Waals surface area contributed by atoms with Crippen molar-refractivity contribution >= 4 is 11.5 Å². The van der Waals surface area contributed by atoms with Crippen molar-refractivity contribution in [3.8, 4) is 5.75 Å². The summed E-state index contributed by atoms with van der Waals surface area (Å²) in [6, 6.07) is 8.00. The van der Waals surface area contributed by atoms with Gasteiger partial charge in [-0.2, -0.15) is 0 Å². The second kappa shape index (κ2) is 7.76. The Morgan fingerprint density at radius 2 is 2.00 bits per heavy atom. The Hall–Kier alpha value is -1.91. The summed E-state index contributed by atoms with van der Waals surface area (Å²) in [6.07, 6.45) is 2.95. The third kappa shape index (κ3) is 4.85. The van der Waals surface area contributed by atoms with Gasteiger partial charge in [-0.3, -0.25) is 0 Å². The molecule has 0 amide bonds. The van der Waals surface area contributed by atoms with E-state index in [1.54, 1.807) is 7.11 Å². The number of benzene rings is 1. The van der Waals surface area contributed by atoms with Gasteiger partial charge in [-0.25, -0.2) is 0 Å². The molecule has 0 bridgehead atoms. The van der Waals surface area contributed by atoms with Crippen LogP contribution >= 0.6 is 0 Å². The van der Waals surface area contributed by atoms with E-state index in [9.17, 15) is 0 Å². The summed E-state index contributed by atoms with van der Waals surface area (Å²) in [5.74, 6) is 1.18. The average molecular weight is 293 g/mol. The minimum absolute atomic E-state index is 0.266. The van der Waals surface area contributed by atoms with Crippen LogP contribution in [0, 0.1) is 5.41 Å². The molecule has 0 heterocycles. The van der Waals surface area contributed by atoms with Gasteiger partial charge in [0.1, 0.15) is 11.6 Å². The van der Waals surface area contributed by atoms with E-state index in [0.29, 0.717) is 5.84 Å². The number of hydrogen-bond acceptors (Lipinski definition) is 4. The lowest BCUT2D eigenvalue weighted by molar-refractivity contribution is 0.304. The van der Waals surface area contributed by atoms with Gasteiger partial charge in [0.15, 0.2) is 0 Å². The van der Waals surface area contributed by atoms with Crippen LogP contribution in [0.1, 0.15) is 33.1 Å². The van der Waals surface area contributed by atoms with E-state index in [1.807, 2.05) is 32.0 Å². The molecule has 0 saturated carbocycles. The average Bonchev–Trinajstić information content (AvgIpc) is 2.50. The first-order valence-corrected chi connectivity index (χ1v) is 7.24. The second-order valence-corrected chi connectivity index (χ2v) is 5.92. The van der Waals surface area contributed by atoms with Crippen LogP contribution in [0.25, 0.3) is 0 Å². The lowest BCUT2D eigenvalue weighted by atomic mass is 9.86. The molecular weight excluding hydrogens is 266 g/mol. The number of ether oxygens (including phenoxy) is 1. The van der Waals surface area contributed by atoms with Crippen molar-refractivity contribution < 1.29 is 9.94 Å². The molecule has 0 radical (unpaired) electrons. The molecule has 0 aliphatic carbocycles. The number of nitrogens with two attached hydrogens (primary N) is 1. The number of rotatable bonds is 8. The summed E-state index contributed by atoms with van der Waals surface area (Å²) in [4.78, 5) is 2.19. The minimum Gasteiger partial charge on any atom is -0.495 e. The number of para-hydroxylation sites is 2. The normalized spacial score (nSPS) is 12.3. The highest BCUT2D eigenvalue weighted by atomic mass is 16.5. The maximum atomic E-state index is 8.76. The molecule has 1 aromatic carbocycles. The molecule has 21 heavy (non-hydrogen) atoms. The summed E-state index contributed by atoms with van der Waals surface area (Å²) in [5, 5.41) is 11.9. The van der Waals surface area contributed by atoms with Crippen molar-refractivity contribution in [3.05, 3.63) is 24.3 Å². The quantitative estimate of drug-likeness (QED) is 0.254. The molecule has 5 nitrogen and oxygen atoms in total. The molecule has 0 aliphatic heterocycles. The molecule has 0 aliphatic rings. The number of amidine groups is 1. The van der Waals surface area contributed by atoms with Crippen molar-refractivity contribution in [2.45, 2.75) is 33.1 Å². The van der Waals surface area contributed by atoms with Gasteiger partial charge < -0.3 is 20.6 Å². The van der Waals surface area contributed by atoms with Crippen LogP contribution in [0.3, 0.4) is 0 Å². The van der Waals surface area contributed by atoms with Gasteiger partial charge >= 0.3 is 0 Å². The number of unbranched alkanes of at least 4 members (excludes halogenated alkanes) is 1. The molecule has 0 unspecified atom stereocenters. The van der Waals surface area contributed by atoms with Crippen LogP contribution < -0.4 is 15.4 Å². The van der Waals surface area contributed by atoms with Gasteiger partial charge in [-0.1, -0.05) is 37.6 Å². The fourth-order valence-electron chi connectivity index (χ4n) is 2.24. The highest BCUT2D eigenvalue weighted by molar-refractivity contribution is 5.85. The van der Waals surface area contributed by atoms with Crippen LogP contribution in [0.4, 0.5) is 5.69 Å². The molecular formula is C16H27N3O2. The number of nitrogens with zero attached hydrogens (tertiary/aromatic N) is 2. The van der Waals surface area contributed by atoms with E-state index < -0.39 is 0 Å². The molecule has 1 rings (SSSR count). The maximum absolute atomic E-state index is 8.76. The van der Waals surface area contributed by atoms with Gasteiger partial charge in [-0.15, -0.1) is 0 Å². The van der Waals surface area contributed by atoms with Gasteiger partial charge in [-0.05, 0) is 25.0 Å². The van der Waals surface area contributed by atoms with E-state index in [0.717, 1.165) is 37.2 Å². The zero-order valence-electron chi connectivity index (χ0n) is 13.5. The summed E-state index contributed by atoms with van der Waals surface area (Å²) in [6.45, 7) is 4.92. The van der Waals surface area contributed by atoms with Gasteiger partial charge in [0.2, 0.25) is 0 Å². The Morgan fingerprint density at radius 3 is 2.62 bits per heavy atom. The van der Waals surface area contributed by atoms with Crippen LogP contribution in [-0.2, 0) is 0 Å². The predicted molar refractivity (Wildman–Crippen MR) is 87.3 cm³/mol. The molecule has 118 valence electrons. The smallest absolute Gasteiger partial charge is 0.144 e. The van der Waals surface area contributed by atoms with Gasteiger partial charge in [0.05, 0.1) is 12.8 Å². The third-order valence-corrected chi connectivity index (χ3v) is 3.84. The predicted octanol–water partition coefficient (Wildman–Crippen LogP) is 3.07. The lowest BCUT2D eigenvalue weighted by Gasteiger charge is -2.24. The SMILES string of the molecule is COc1ccccc1N(C)CCCCC(C)(C)/C(N)=N/O. The van der Waals surface area contributed by atoms with Crippen LogP contribution in [0.15, 0.2) is 29.4 Å². The van der Waals surface area contributed by atoms with E-state index >= 15 is 0 Å². The zero-order valence-corrected chi connectivity index (χ0v) is 13.5. The maximum Gasteiger partial charge on any atom is 0.144 e. The Bertz CT molecular complexity index is 472. The van der Waals surface area contributed by atoms with Gasteiger partial charge in [0, 0.05) is 19.0 Å². The van der Waals surface area contributed by atoms with Crippen molar-refractivity contribution in [2.75, 3.05) is 25.6 Å². The molecule has 0 aromatic heterocycles. The first kappa shape index (κ1) is 17.1. The van der Waals surface area contributed by atoms with Gasteiger partial charge in [0.25, 0.3) is 0 Å². The summed E-state index contributed by atoms with van der Waals surface area (Å²) >= 11 is 0. The highest BCUT2D eigenvalue weighted by Gasteiger charge is 2.22. The largest absolute Gasteiger partial charge is 0.495 e. The van der Waals surface area contributed by atoms with Crippen LogP contribution in [0.5, 0.6) is 5.75 Å². The van der Waals surface area contributed by atoms with Crippen molar-refractivity contribution in [1.82, 2.24) is 0 Å². The summed E-state index contributed by atoms with van der Waals surface area (Å²) < 4.78 is 5.37. The molecule has 0 saturated heterocycles. The Morgan fingerprint density at radius 1 is 1.33 bits per heavy atom. The standard InChI is InChI=1S/C16H27N3O2/c1-16(2,15(17)18-20)11-7-8-12-19(3)13-9-5-6-10-14(13)21-4/h5-6,9-10,20H,7-8,11-12H2,1-4H3,(H2,17,18). The van der Waals surface area contributed by atoms with E-state index in [1.165, 1.54) is 0 Å². The zero-order chi connectivity index (χ0) is 15.9. The first-order valence-electron chi connectivity index (χ1n) is 7.24. The Labute approximate surface area is 127 Å². The number of methoxy groups -OCH3 is 1. The van der Waals surface area contributed by atoms with Crippen molar-refractivity contribution in [1.29, 1.82) is 0 Å². The Balaban J connectivity index is 2.46. The number of hydrogen-bond donors (Lipinski definition) is 2. The molecule has 0 spiro atoms. The molecule has 0 atom stereocenters. The molecule has 0 fully saturated rings. The topological polar surface area (TPSA) is 71.1 Å².